The SMILES string of the molecule is COc1ccc(F)cc1C1=CCNC1. The maximum atomic E-state index is 13.0. The second-order valence-corrected chi connectivity index (χ2v) is 3.20. The number of methoxy groups -OCH3 is 1. The smallest absolute Gasteiger partial charge is 0.126 e. The quantitative estimate of drug-likeness (QED) is 0.773. The van der Waals surface area contributed by atoms with Crippen molar-refractivity contribution in [2.75, 3.05) is 20.2 Å². The van der Waals surface area contributed by atoms with Gasteiger partial charge in [-0.2, -0.15) is 0 Å². The summed E-state index contributed by atoms with van der Waals surface area (Å²) in [6, 6.07) is 4.58. The van der Waals surface area contributed by atoms with Crippen LogP contribution in [-0.2, 0) is 0 Å². The molecule has 14 heavy (non-hydrogen) atoms. The molecule has 0 aliphatic carbocycles. The van der Waals surface area contributed by atoms with Gasteiger partial charge in [-0.15, -0.1) is 0 Å². The molecule has 3 heteroatoms. The van der Waals surface area contributed by atoms with E-state index in [9.17, 15) is 4.39 Å². The molecular weight excluding hydrogens is 181 g/mol. The lowest BCUT2D eigenvalue weighted by Crippen LogP contribution is -2.08. The summed E-state index contributed by atoms with van der Waals surface area (Å²) in [5.74, 6) is 0.495. The molecule has 0 spiro atoms. The van der Waals surface area contributed by atoms with Crippen molar-refractivity contribution in [1.82, 2.24) is 5.32 Å². The van der Waals surface area contributed by atoms with Crippen LogP contribution in [0, 0.1) is 5.82 Å². The maximum absolute atomic E-state index is 13.0. The Morgan fingerprint density at radius 1 is 1.43 bits per heavy atom. The number of benzene rings is 1. The van der Waals surface area contributed by atoms with Crippen LogP contribution in [0.4, 0.5) is 4.39 Å². The lowest BCUT2D eigenvalue weighted by molar-refractivity contribution is 0.412. The highest BCUT2D eigenvalue weighted by Gasteiger charge is 2.12. The van der Waals surface area contributed by atoms with Crippen LogP contribution in [0.1, 0.15) is 5.56 Å². The van der Waals surface area contributed by atoms with E-state index in [1.807, 2.05) is 0 Å². The Hall–Kier alpha value is -1.35. The molecule has 1 aliphatic rings. The van der Waals surface area contributed by atoms with E-state index in [2.05, 4.69) is 11.4 Å². The van der Waals surface area contributed by atoms with Crippen LogP contribution in [0.3, 0.4) is 0 Å². The molecule has 1 heterocycles. The molecule has 0 bridgehead atoms. The van der Waals surface area contributed by atoms with Crippen molar-refractivity contribution in [3.8, 4) is 5.75 Å². The first-order valence-electron chi connectivity index (χ1n) is 4.55. The van der Waals surface area contributed by atoms with E-state index in [1.54, 1.807) is 13.2 Å². The van der Waals surface area contributed by atoms with E-state index in [4.69, 9.17) is 4.74 Å². The van der Waals surface area contributed by atoms with E-state index in [-0.39, 0.29) is 5.82 Å². The van der Waals surface area contributed by atoms with Gasteiger partial charge >= 0.3 is 0 Å². The van der Waals surface area contributed by atoms with Crippen LogP contribution in [0.25, 0.3) is 5.57 Å². The molecule has 0 aromatic heterocycles. The van der Waals surface area contributed by atoms with Gasteiger partial charge in [-0.25, -0.2) is 4.39 Å². The van der Waals surface area contributed by atoms with Gasteiger partial charge in [-0.3, -0.25) is 0 Å². The highest BCUT2D eigenvalue weighted by Crippen LogP contribution is 2.27. The van der Waals surface area contributed by atoms with Gasteiger partial charge < -0.3 is 10.1 Å². The van der Waals surface area contributed by atoms with Crippen LogP contribution < -0.4 is 10.1 Å². The van der Waals surface area contributed by atoms with Crippen LogP contribution in [-0.4, -0.2) is 20.2 Å². The summed E-state index contributed by atoms with van der Waals surface area (Å²) in [7, 11) is 1.60. The topological polar surface area (TPSA) is 21.3 Å². The third-order valence-electron chi connectivity index (χ3n) is 2.32. The second-order valence-electron chi connectivity index (χ2n) is 3.20. The maximum Gasteiger partial charge on any atom is 0.126 e. The Morgan fingerprint density at radius 2 is 2.29 bits per heavy atom. The highest BCUT2D eigenvalue weighted by atomic mass is 19.1. The van der Waals surface area contributed by atoms with Gasteiger partial charge in [0, 0.05) is 18.7 Å². The van der Waals surface area contributed by atoms with Crippen molar-refractivity contribution in [2.24, 2.45) is 0 Å². The van der Waals surface area contributed by atoms with Crippen LogP contribution in [0.15, 0.2) is 24.3 Å². The average Bonchev–Trinajstić information content (AvgIpc) is 2.70. The zero-order valence-electron chi connectivity index (χ0n) is 8.01. The summed E-state index contributed by atoms with van der Waals surface area (Å²) < 4.78 is 18.2. The fraction of sp³-hybridized carbons (Fsp3) is 0.273. The van der Waals surface area contributed by atoms with Crippen molar-refractivity contribution in [3.05, 3.63) is 35.7 Å². The Balaban J connectivity index is 2.43. The minimum Gasteiger partial charge on any atom is -0.496 e. The summed E-state index contributed by atoms with van der Waals surface area (Å²) in [5.41, 5.74) is 1.94. The minimum atomic E-state index is -0.228. The number of ether oxygens (including phenoxy) is 1. The number of hydrogen-bond donors (Lipinski definition) is 1. The van der Waals surface area contributed by atoms with Gasteiger partial charge in [0.1, 0.15) is 11.6 Å². The van der Waals surface area contributed by atoms with Crippen LogP contribution in [0.2, 0.25) is 0 Å². The molecule has 2 rings (SSSR count). The predicted molar refractivity (Wildman–Crippen MR) is 53.8 cm³/mol. The normalized spacial score (nSPS) is 15.4. The minimum absolute atomic E-state index is 0.228. The molecule has 2 nitrogen and oxygen atoms in total. The fourth-order valence-electron chi connectivity index (χ4n) is 1.61. The van der Waals surface area contributed by atoms with E-state index in [0.717, 1.165) is 30.0 Å². The zero-order valence-corrected chi connectivity index (χ0v) is 8.01. The molecule has 0 radical (unpaired) electrons. The van der Waals surface area contributed by atoms with Gasteiger partial charge in [0.2, 0.25) is 0 Å². The summed E-state index contributed by atoms with van der Waals surface area (Å²) >= 11 is 0. The zero-order chi connectivity index (χ0) is 9.97. The molecule has 1 aromatic carbocycles. The van der Waals surface area contributed by atoms with Gasteiger partial charge in [0.05, 0.1) is 7.11 Å². The van der Waals surface area contributed by atoms with Crippen molar-refractivity contribution in [2.45, 2.75) is 0 Å². The predicted octanol–water partition coefficient (Wildman–Crippen LogP) is 1.82. The van der Waals surface area contributed by atoms with Crippen LogP contribution in [0.5, 0.6) is 5.75 Å². The molecule has 1 N–H and O–H groups in total. The van der Waals surface area contributed by atoms with Crippen molar-refractivity contribution < 1.29 is 9.13 Å². The van der Waals surface area contributed by atoms with Crippen molar-refractivity contribution >= 4 is 5.57 Å². The third-order valence-corrected chi connectivity index (χ3v) is 2.32. The number of rotatable bonds is 2. The molecular formula is C11H12FNO. The molecule has 0 saturated carbocycles. The summed E-state index contributed by atoms with van der Waals surface area (Å²) in [4.78, 5) is 0. The Morgan fingerprint density at radius 3 is 2.93 bits per heavy atom. The average molecular weight is 193 g/mol. The van der Waals surface area contributed by atoms with Gasteiger partial charge in [-0.05, 0) is 23.8 Å². The third kappa shape index (κ3) is 1.63. The standard InChI is InChI=1S/C11H12FNO/c1-14-11-3-2-9(12)6-10(11)8-4-5-13-7-8/h2-4,6,13H,5,7H2,1H3. The monoisotopic (exact) mass is 193 g/mol. The van der Waals surface area contributed by atoms with E-state index < -0.39 is 0 Å². The molecule has 0 saturated heterocycles. The van der Waals surface area contributed by atoms with Crippen molar-refractivity contribution in [3.63, 3.8) is 0 Å². The van der Waals surface area contributed by atoms with Gasteiger partial charge in [-0.1, -0.05) is 6.08 Å². The first kappa shape index (κ1) is 9.21. The Labute approximate surface area is 82.4 Å². The van der Waals surface area contributed by atoms with Gasteiger partial charge in [0.15, 0.2) is 0 Å². The van der Waals surface area contributed by atoms with E-state index in [1.165, 1.54) is 12.1 Å². The van der Waals surface area contributed by atoms with Gasteiger partial charge in [0.25, 0.3) is 0 Å². The second kappa shape index (κ2) is 3.80. The Bertz CT molecular complexity index is 374. The lowest BCUT2D eigenvalue weighted by Gasteiger charge is -2.08. The van der Waals surface area contributed by atoms with E-state index >= 15 is 0 Å². The molecule has 0 unspecified atom stereocenters. The molecule has 1 aliphatic heterocycles. The number of halogens is 1. The molecule has 74 valence electrons. The lowest BCUT2D eigenvalue weighted by atomic mass is 10.1. The Kier molecular flexibility index (Phi) is 2.50. The molecule has 0 fully saturated rings. The van der Waals surface area contributed by atoms with E-state index in [0.29, 0.717) is 0 Å². The first-order valence-corrected chi connectivity index (χ1v) is 4.55. The first-order chi connectivity index (χ1) is 6.81. The molecule has 1 aromatic rings. The van der Waals surface area contributed by atoms with Crippen molar-refractivity contribution in [1.29, 1.82) is 0 Å². The number of hydrogen-bond acceptors (Lipinski definition) is 2. The summed E-state index contributed by atoms with van der Waals surface area (Å²) in [6.07, 6.45) is 2.05. The summed E-state index contributed by atoms with van der Waals surface area (Å²) in [6.45, 7) is 1.62. The number of nitrogens with one attached hydrogen (secondary N) is 1. The van der Waals surface area contributed by atoms with Crippen LogP contribution >= 0.6 is 0 Å². The fourth-order valence-corrected chi connectivity index (χ4v) is 1.61. The largest absolute Gasteiger partial charge is 0.496 e. The molecule has 0 atom stereocenters. The molecule has 0 amide bonds. The highest BCUT2D eigenvalue weighted by molar-refractivity contribution is 5.73. The summed E-state index contributed by atoms with van der Waals surface area (Å²) in [5, 5.41) is 3.17.